The van der Waals surface area contributed by atoms with E-state index >= 15 is 0 Å². The summed E-state index contributed by atoms with van der Waals surface area (Å²) < 4.78 is 6.19. The highest BCUT2D eigenvalue weighted by Gasteiger charge is 2.19. The lowest BCUT2D eigenvalue weighted by Gasteiger charge is -2.23. The molecule has 3 heteroatoms. The Morgan fingerprint density at radius 1 is 1.36 bits per heavy atom. The first kappa shape index (κ1) is 11.5. The zero-order valence-corrected chi connectivity index (χ0v) is 10.6. The summed E-state index contributed by atoms with van der Waals surface area (Å²) in [4.78, 5) is 0. The highest BCUT2D eigenvalue weighted by atomic mass is 79.9. The number of benzene rings is 1. The van der Waals surface area contributed by atoms with Crippen molar-refractivity contribution in [2.45, 2.75) is 26.3 Å². The summed E-state index contributed by atoms with van der Waals surface area (Å²) in [5.74, 6) is 0.843. The molecular formula is C11H16BrNO. The second-order valence-corrected chi connectivity index (χ2v) is 4.77. The van der Waals surface area contributed by atoms with Crippen LogP contribution < -0.4 is 10.5 Å². The summed E-state index contributed by atoms with van der Waals surface area (Å²) >= 11 is 3.50. The van der Waals surface area contributed by atoms with Gasteiger partial charge in [-0.1, -0.05) is 6.07 Å². The molecule has 1 aromatic carbocycles. The van der Waals surface area contributed by atoms with Gasteiger partial charge >= 0.3 is 0 Å². The van der Waals surface area contributed by atoms with Crippen LogP contribution in [0.25, 0.3) is 0 Å². The summed E-state index contributed by atoms with van der Waals surface area (Å²) in [7, 11) is 1.66. The zero-order chi connectivity index (χ0) is 10.9. The highest BCUT2D eigenvalue weighted by Crippen LogP contribution is 2.33. The molecule has 0 aromatic heterocycles. The molecule has 0 aliphatic heterocycles. The van der Waals surface area contributed by atoms with Gasteiger partial charge in [-0.05, 0) is 53.9 Å². The van der Waals surface area contributed by atoms with Gasteiger partial charge in [0.2, 0.25) is 0 Å². The van der Waals surface area contributed by atoms with Crippen molar-refractivity contribution >= 4 is 15.9 Å². The van der Waals surface area contributed by atoms with Crippen LogP contribution in [0.1, 0.15) is 25.0 Å². The largest absolute Gasteiger partial charge is 0.496 e. The van der Waals surface area contributed by atoms with Crippen molar-refractivity contribution in [2.75, 3.05) is 7.11 Å². The van der Waals surface area contributed by atoms with Gasteiger partial charge in [-0.25, -0.2) is 0 Å². The number of halogens is 1. The Bertz CT molecular complexity index is 342. The van der Waals surface area contributed by atoms with Gasteiger partial charge in [0.05, 0.1) is 11.6 Å². The molecule has 0 amide bonds. The Labute approximate surface area is 93.6 Å². The molecule has 0 bridgehead atoms. The minimum absolute atomic E-state index is 0.321. The van der Waals surface area contributed by atoms with Gasteiger partial charge in [0.25, 0.3) is 0 Å². The van der Waals surface area contributed by atoms with E-state index in [1.165, 1.54) is 0 Å². The van der Waals surface area contributed by atoms with Crippen molar-refractivity contribution in [3.05, 3.63) is 27.7 Å². The summed E-state index contributed by atoms with van der Waals surface area (Å²) in [5, 5.41) is 0. The Morgan fingerprint density at radius 3 is 2.36 bits per heavy atom. The van der Waals surface area contributed by atoms with Crippen molar-refractivity contribution in [1.82, 2.24) is 0 Å². The number of rotatable bonds is 2. The molecule has 0 atom stereocenters. The summed E-state index contributed by atoms with van der Waals surface area (Å²) in [6, 6.07) is 3.94. The maximum absolute atomic E-state index is 6.06. The second kappa shape index (κ2) is 3.91. The van der Waals surface area contributed by atoms with Crippen molar-refractivity contribution in [2.24, 2.45) is 5.73 Å². The van der Waals surface area contributed by atoms with Gasteiger partial charge in [0.1, 0.15) is 5.75 Å². The Hall–Kier alpha value is -0.540. The molecule has 2 N–H and O–H groups in total. The first-order chi connectivity index (χ1) is 6.38. The average Bonchev–Trinajstić information content (AvgIpc) is 2.07. The molecule has 78 valence electrons. The summed E-state index contributed by atoms with van der Waals surface area (Å²) in [5.41, 5.74) is 8.00. The Kier molecular flexibility index (Phi) is 3.22. The van der Waals surface area contributed by atoms with Crippen LogP contribution in [0.3, 0.4) is 0 Å². The first-order valence-electron chi connectivity index (χ1n) is 4.50. The molecule has 0 spiro atoms. The normalized spacial score (nSPS) is 11.6. The van der Waals surface area contributed by atoms with Crippen molar-refractivity contribution in [3.8, 4) is 5.75 Å². The molecule has 0 saturated heterocycles. The quantitative estimate of drug-likeness (QED) is 0.885. The van der Waals surface area contributed by atoms with Crippen LogP contribution in [0.5, 0.6) is 5.75 Å². The SMILES string of the molecule is COc1ccc(C(C)(C)N)c(C)c1Br. The minimum Gasteiger partial charge on any atom is -0.496 e. The third-order valence-electron chi connectivity index (χ3n) is 2.27. The predicted molar refractivity (Wildman–Crippen MR) is 62.6 cm³/mol. The van der Waals surface area contributed by atoms with Gasteiger partial charge in [-0.15, -0.1) is 0 Å². The van der Waals surface area contributed by atoms with Gasteiger partial charge in [0.15, 0.2) is 0 Å². The van der Waals surface area contributed by atoms with Crippen LogP contribution in [-0.4, -0.2) is 7.11 Å². The molecule has 0 radical (unpaired) electrons. The molecule has 14 heavy (non-hydrogen) atoms. The standard InChI is InChI=1S/C11H16BrNO/c1-7-8(11(2,3)13)5-6-9(14-4)10(7)12/h5-6H,13H2,1-4H3. The molecular weight excluding hydrogens is 242 g/mol. The van der Waals surface area contributed by atoms with Crippen molar-refractivity contribution in [1.29, 1.82) is 0 Å². The fourth-order valence-electron chi connectivity index (χ4n) is 1.52. The van der Waals surface area contributed by atoms with Crippen LogP contribution in [0.15, 0.2) is 16.6 Å². The van der Waals surface area contributed by atoms with Crippen LogP contribution in [0, 0.1) is 6.92 Å². The molecule has 0 unspecified atom stereocenters. The van der Waals surface area contributed by atoms with E-state index in [-0.39, 0.29) is 5.54 Å². The van der Waals surface area contributed by atoms with Gasteiger partial charge in [-0.3, -0.25) is 0 Å². The van der Waals surface area contributed by atoms with Crippen LogP contribution in [0.4, 0.5) is 0 Å². The maximum Gasteiger partial charge on any atom is 0.133 e. The van der Waals surface area contributed by atoms with Gasteiger partial charge in [-0.2, -0.15) is 0 Å². The van der Waals surface area contributed by atoms with E-state index in [1.807, 2.05) is 32.9 Å². The van der Waals surface area contributed by atoms with E-state index in [0.717, 1.165) is 21.3 Å². The molecule has 2 nitrogen and oxygen atoms in total. The third-order valence-corrected chi connectivity index (χ3v) is 3.25. The number of nitrogens with two attached hydrogens (primary N) is 1. The van der Waals surface area contributed by atoms with Crippen molar-refractivity contribution < 1.29 is 4.74 Å². The molecule has 0 saturated carbocycles. The van der Waals surface area contributed by atoms with E-state index in [1.54, 1.807) is 7.11 Å². The zero-order valence-electron chi connectivity index (χ0n) is 9.02. The van der Waals surface area contributed by atoms with Gasteiger partial charge < -0.3 is 10.5 Å². The third kappa shape index (κ3) is 2.10. The average molecular weight is 258 g/mol. The molecule has 1 aromatic rings. The van der Waals surface area contributed by atoms with E-state index in [0.29, 0.717) is 0 Å². The predicted octanol–water partition coefficient (Wildman–Crippen LogP) is 2.96. The molecule has 0 aliphatic carbocycles. The fourth-order valence-corrected chi connectivity index (χ4v) is 2.02. The number of hydrogen-bond donors (Lipinski definition) is 1. The topological polar surface area (TPSA) is 35.2 Å². The summed E-state index contributed by atoms with van der Waals surface area (Å²) in [6.07, 6.45) is 0. The number of methoxy groups -OCH3 is 1. The smallest absolute Gasteiger partial charge is 0.133 e. The number of ether oxygens (including phenoxy) is 1. The van der Waals surface area contributed by atoms with Crippen LogP contribution in [0.2, 0.25) is 0 Å². The summed E-state index contributed by atoms with van der Waals surface area (Å²) in [6.45, 7) is 6.03. The lowest BCUT2D eigenvalue weighted by molar-refractivity contribution is 0.410. The van der Waals surface area contributed by atoms with Crippen molar-refractivity contribution in [3.63, 3.8) is 0 Å². The molecule has 0 fully saturated rings. The van der Waals surface area contributed by atoms with E-state index in [2.05, 4.69) is 15.9 Å². The highest BCUT2D eigenvalue weighted by molar-refractivity contribution is 9.10. The molecule has 0 aliphatic rings. The monoisotopic (exact) mass is 257 g/mol. The fraction of sp³-hybridized carbons (Fsp3) is 0.455. The van der Waals surface area contributed by atoms with E-state index in [4.69, 9.17) is 10.5 Å². The lowest BCUT2D eigenvalue weighted by Crippen LogP contribution is -2.29. The number of hydrogen-bond acceptors (Lipinski definition) is 2. The van der Waals surface area contributed by atoms with E-state index in [9.17, 15) is 0 Å². The maximum atomic E-state index is 6.06. The Balaban J connectivity index is 3.31. The van der Waals surface area contributed by atoms with Crippen LogP contribution >= 0.6 is 15.9 Å². The van der Waals surface area contributed by atoms with Gasteiger partial charge in [0, 0.05) is 5.54 Å². The van der Waals surface area contributed by atoms with E-state index < -0.39 is 0 Å². The molecule has 1 rings (SSSR count). The lowest BCUT2D eigenvalue weighted by atomic mass is 9.91. The Morgan fingerprint density at radius 2 is 1.93 bits per heavy atom. The first-order valence-corrected chi connectivity index (χ1v) is 5.29. The molecule has 0 heterocycles. The minimum atomic E-state index is -0.321. The van der Waals surface area contributed by atoms with Crippen LogP contribution in [-0.2, 0) is 5.54 Å². The second-order valence-electron chi connectivity index (χ2n) is 3.98.